The van der Waals surface area contributed by atoms with Gasteiger partial charge in [-0.25, -0.2) is 4.79 Å². The number of nitrogens with zero attached hydrogens (tertiary/aromatic N) is 5. The number of rotatable bonds is 6. The monoisotopic (exact) mass is 945 g/mol. The lowest BCUT2D eigenvalue weighted by molar-refractivity contribution is -0.151. The molecule has 0 heterocycles. The van der Waals surface area contributed by atoms with Gasteiger partial charge in [0.25, 0.3) is 5.91 Å². The molecule has 0 saturated carbocycles. The first-order valence-electron chi connectivity index (χ1n) is 22.7. The maximum Gasteiger partial charge on any atom is 0.317 e. The second-order valence-electron chi connectivity index (χ2n) is 23.1. The molecule has 0 fully saturated rings. The summed E-state index contributed by atoms with van der Waals surface area (Å²) in [4.78, 5) is 65.4. The zero-order valence-electron chi connectivity index (χ0n) is 46.7. The second-order valence-corrected chi connectivity index (χ2v) is 23.1. The zero-order chi connectivity index (χ0) is 53.4. The molecule has 67 heavy (non-hydrogen) atoms. The molecule has 0 aliphatic carbocycles. The van der Waals surface area contributed by atoms with Gasteiger partial charge in [0, 0.05) is 76.9 Å². The molecule has 0 atom stereocenters. The van der Waals surface area contributed by atoms with E-state index in [2.05, 4.69) is 48.6 Å². The van der Waals surface area contributed by atoms with Crippen LogP contribution in [0.2, 0.25) is 0 Å². The van der Waals surface area contributed by atoms with E-state index in [9.17, 15) is 34.2 Å². The maximum atomic E-state index is 12.3. The third-order valence-corrected chi connectivity index (χ3v) is 10.9. The summed E-state index contributed by atoms with van der Waals surface area (Å²) in [6, 6.07) is 16.7. The van der Waals surface area contributed by atoms with E-state index in [0.717, 1.165) is 5.56 Å². The fraction of sp³-hybridized carbons (Fsp3) is 0.685. The third-order valence-electron chi connectivity index (χ3n) is 10.9. The minimum atomic E-state index is -1.28. The molecule has 2 aromatic carbocycles. The molecule has 0 radical (unpaired) electrons. The first-order valence-corrected chi connectivity index (χ1v) is 22.7. The Balaban J connectivity index is -0.000000387. The van der Waals surface area contributed by atoms with Crippen molar-refractivity contribution in [3.05, 3.63) is 59.7 Å². The van der Waals surface area contributed by atoms with Crippen molar-refractivity contribution in [1.82, 2.24) is 29.8 Å². The summed E-state index contributed by atoms with van der Waals surface area (Å²) in [7, 11) is 10.5. The van der Waals surface area contributed by atoms with E-state index in [1.165, 1.54) is 30.5 Å². The Kier molecular flexibility index (Phi) is 28.3. The Bertz CT molecular complexity index is 1790. The summed E-state index contributed by atoms with van der Waals surface area (Å²) in [6.07, 6.45) is 0.614. The van der Waals surface area contributed by atoms with Gasteiger partial charge < -0.3 is 40.0 Å². The van der Waals surface area contributed by atoms with E-state index in [0.29, 0.717) is 6.42 Å². The topological polar surface area (TPSA) is 154 Å². The molecule has 0 unspecified atom stereocenters. The molecule has 0 aromatic heterocycles. The number of nitrogens with one attached hydrogen (secondary N) is 1. The van der Waals surface area contributed by atoms with Crippen molar-refractivity contribution in [2.75, 3.05) is 42.3 Å². The van der Waals surface area contributed by atoms with Gasteiger partial charge in [-0.2, -0.15) is 0 Å². The van der Waals surface area contributed by atoms with Crippen molar-refractivity contribution >= 4 is 29.7 Å². The molecule has 0 spiro atoms. The quantitative estimate of drug-likeness (QED) is 0.261. The molecule has 0 aliphatic rings. The van der Waals surface area contributed by atoms with E-state index in [4.69, 9.17) is 0 Å². The van der Waals surface area contributed by atoms with Gasteiger partial charge >= 0.3 is 6.03 Å². The van der Waals surface area contributed by atoms with Crippen LogP contribution in [-0.4, -0.2) is 146 Å². The largest absolute Gasteiger partial charge is 0.390 e. The van der Waals surface area contributed by atoms with Crippen LogP contribution in [0, 0.1) is 6.92 Å². The number of urea groups is 1. The van der Waals surface area contributed by atoms with E-state index < -0.39 is 11.2 Å². The Morgan fingerprint density at radius 1 is 0.493 bits per heavy atom. The molecule has 13 nitrogen and oxygen atoms in total. The van der Waals surface area contributed by atoms with Gasteiger partial charge in [-0.15, -0.1) is 0 Å². The average molecular weight is 945 g/mol. The van der Waals surface area contributed by atoms with Gasteiger partial charge in [0.15, 0.2) is 0 Å². The van der Waals surface area contributed by atoms with Crippen LogP contribution < -0.4 is 5.32 Å². The number of amides is 6. The highest BCUT2D eigenvalue weighted by molar-refractivity contribution is 5.84. The lowest BCUT2D eigenvalue weighted by Gasteiger charge is -2.35. The molecular formula is C54H100N6O7. The number of carbonyl (C=O) groups excluding carboxylic acids is 5. The minimum Gasteiger partial charge on any atom is -0.390 e. The van der Waals surface area contributed by atoms with Gasteiger partial charge in [-0.05, 0) is 155 Å². The van der Waals surface area contributed by atoms with Crippen molar-refractivity contribution in [3.8, 4) is 11.1 Å². The van der Waals surface area contributed by atoms with Gasteiger partial charge in [0.05, 0.1) is 18.4 Å². The predicted octanol–water partition coefficient (Wildman–Crippen LogP) is 9.84. The number of aliphatic hydroxyl groups is 2. The Morgan fingerprint density at radius 3 is 1.03 bits per heavy atom. The van der Waals surface area contributed by atoms with Crippen LogP contribution in [0.15, 0.2) is 48.5 Å². The van der Waals surface area contributed by atoms with Crippen LogP contribution in [0.1, 0.15) is 163 Å². The third kappa shape index (κ3) is 29.1. The minimum absolute atomic E-state index is 0. The molecule has 2 rings (SSSR count). The highest BCUT2D eigenvalue weighted by Crippen LogP contribution is 2.22. The molecule has 2 aromatic rings. The maximum absolute atomic E-state index is 12.3. The van der Waals surface area contributed by atoms with Crippen molar-refractivity contribution in [2.24, 2.45) is 0 Å². The Labute approximate surface area is 410 Å². The van der Waals surface area contributed by atoms with Crippen molar-refractivity contribution in [1.29, 1.82) is 0 Å². The smallest absolute Gasteiger partial charge is 0.317 e. The van der Waals surface area contributed by atoms with E-state index >= 15 is 0 Å². The van der Waals surface area contributed by atoms with Crippen LogP contribution in [-0.2, 0) is 25.6 Å². The van der Waals surface area contributed by atoms with E-state index in [1.807, 2.05) is 130 Å². The number of aryl methyl sites for hydroxylation is 1. The lowest BCUT2D eigenvalue weighted by atomic mass is 10.0. The standard InChI is InChI=1S/C20H25NO.C10H21NO2.C9H19NO2.C7H16N2O.C7H15NO.CH4/c1-15-6-10-17(11-7-15)18-12-8-16(9-13-18)14-19(22)21(5)20(2,3)4;1-9(2,3)11(6)8(12)7-10(4,5)13;1-8(2,3)10(6)7(11)9(4,5)12;1-7(2,3)9(5)6(10)8-4;1-6(9)8(5)7(2,3)4;/h6-13H,14H2,1-5H3;13H,7H2,1-6H3;12H,1-6H3;1-5H3,(H,8,10);1-5H3;1H4. The van der Waals surface area contributed by atoms with Crippen molar-refractivity contribution in [3.63, 3.8) is 0 Å². The molecule has 0 aliphatic heterocycles. The van der Waals surface area contributed by atoms with E-state index in [-0.39, 0.29) is 71.2 Å². The van der Waals surface area contributed by atoms with Gasteiger partial charge in [0.1, 0.15) is 5.60 Å². The molecule has 388 valence electrons. The fourth-order valence-corrected chi connectivity index (χ4v) is 4.75. The Morgan fingerprint density at radius 2 is 0.806 bits per heavy atom. The van der Waals surface area contributed by atoms with Crippen LogP contribution in [0.5, 0.6) is 0 Å². The van der Waals surface area contributed by atoms with Crippen LogP contribution in [0.25, 0.3) is 11.1 Å². The number of hydrogen-bond donors (Lipinski definition) is 3. The molecule has 0 saturated heterocycles. The predicted molar refractivity (Wildman–Crippen MR) is 282 cm³/mol. The SMILES string of the molecule is C.CC(=O)N(C)C(C)(C)C.CN(C(=O)C(C)(C)O)C(C)(C)C.CN(C(=O)CC(C)(C)O)C(C)(C)C.CNC(=O)N(C)C(C)(C)C.Cc1ccc(-c2ccc(CC(=O)N(C)C(C)(C)C)cc2)cc1. The van der Waals surface area contributed by atoms with Gasteiger partial charge in [-0.1, -0.05) is 61.5 Å². The van der Waals surface area contributed by atoms with Crippen LogP contribution in [0.3, 0.4) is 0 Å². The summed E-state index contributed by atoms with van der Waals surface area (Å²) in [5.41, 5.74) is 1.81. The van der Waals surface area contributed by atoms with Gasteiger partial charge in [-0.3, -0.25) is 19.2 Å². The second kappa shape index (κ2) is 27.5. The number of hydrogen-bond acceptors (Lipinski definition) is 7. The van der Waals surface area contributed by atoms with E-state index in [1.54, 1.807) is 73.5 Å². The zero-order valence-corrected chi connectivity index (χ0v) is 46.7. The molecule has 3 N–H and O–H groups in total. The highest BCUT2D eigenvalue weighted by atomic mass is 16.3. The Hall–Kier alpha value is -4.49. The summed E-state index contributed by atoms with van der Waals surface area (Å²) >= 11 is 0. The first-order chi connectivity index (χ1) is 29.1. The summed E-state index contributed by atoms with van der Waals surface area (Å²) in [5, 5.41) is 21.4. The normalized spacial score (nSPS) is 11.7. The highest BCUT2D eigenvalue weighted by Gasteiger charge is 2.33. The molecule has 0 bridgehead atoms. The van der Waals surface area contributed by atoms with Gasteiger partial charge in [0.2, 0.25) is 17.7 Å². The summed E-state index contributed by atoms with van der Waals surface area (Å²) in [5.74, 6) is -0.0203. The average Bonchev–Trinajstić information content (AvgIpc) is 3.14. The molecular weight excluding hydrogens is 845 g/mol. The fourth-order valence-electron chi connectivity index (χ4n) is 4.75. The summed E-state index contributed by atoms with van der Waals surface area (Å²) in [6.45, 7) is 39.8. The molecule has 13 heteroatoms. The van der Waals surface area contributed by atoms with Crippen LogP contribution >= 0.6 is 0 Å². The van der Waals surface area contributed by atoms with Crippen molar-refractivity contribution < 1.29 is 34.2 Å². The number of likely N-dealkylation sites (N-methyl/N-ethyl adjacent to an activating group) is 2. The first kappa shape index (κ1) is 69.1. The molecule has 6 amide bonds. The number of carbonyl (C=O) groups is 5. The number of benzene rings is 2. The van der Waals surface area contributed by atoms with Crippen LogP contribution in [0.4, 0.5) is 4.79 Å². The summed E-state index contributed by atoms with van der Waals surface area (Å²) < 4.78 is 0. The van der Waals surface area contributed by atoms with Crippen molar-refractivity contribution in [2.45, 2.75) is 205 Å². The lowest BCUT2D eigenvalue weighted by Crippen LogP contribution is -2.51.